The first-order valence-electron chi connectivity index (χ1n) is 4.70. The van der Waals surface area contributed by atoms with Crippen molar-refractivity contribution in [2.45, 2.75) is 0 Å². The number of rotatable bonds is 2. The molecule has 0 aromatic carbocycles. The van der Waals surface area contributed by atoms with Gasteiger partial charge in [-0.3, -0.25) is 9.59 Å². The summed E-state index contributed by atoms with van der Waals surface area (Å²) in [5.74, 6) is 0.285. The van der Waals surface area contributed by atoms with Crippen LogP contribution in [0.1, 0.15) is 0 Å². The molecule has 0 bridgehead atoms. The summed E-state index contributed by atoms with van der Waals surface area (Å²) in [4.78, 5) is 23.4. The summed E-state index contributed by atoms with van der Waals surface area (Å²) >= 11 is 0. The van der Waals surface area contributed by atoms with E-state index in [9.17, 15) is 9.59 Å². The highest BCUT2D eigenvalue weighted by atomic mass is 16.5. The van der Waals surface area contributed by atoms with Crippen molar-refractivity contribution in [1.29, 1.82) is 0 Å². The van der Waals surface area contributed by atoms with Crippen molar-refractivity contribution < 1.29 is 19.1 Å². The molecule has 2 aliphatic carbocycles. The number of hydrogen-bond acceptors (Lipinski definition) is 4. The van der Waals surface area contributed by atoms with E-state index >= 15 is 0 Å². The standard InChI is InChI=1S/C12H10O4/c1-15-9-5-3-8(14)12-10(16-2)6-4-7(13)11(9)12/h3-6H,1-2H3. The van der Waals surface area contributed by atoms with Crippen LogP contribution in [0.25, 0.3) is 0 Å². The molecule has 0 atom stereocenters. The highest BCUT2D eigenvalue weighted by molar-refractivity contribution is 6.22. The molecular formula is C12H10O4. The minimum Gasteiger partial charge on any atom is -0.496 e. The third-order valence-corrected chi connectivity index (χ3v) is 2.45. The van der Waals surface area contributed by atoms with Gasteiger partial charge in [0.25, 0.3) is 0 Å². The lowest BCUT2D eigenvalue weighted by Gasteiger charge is -2.19. The lowest BCUT2D eigenvalue weighted by molar-refractivity contribution is -0.114. The van der Waals surface area contributed by atoms with Crippen LogP contribution >= 0.6 is 0 Å². The highest BCUT2D eigenvalue weighted by Crippen LogP contribution is 2.30. The molecule has 0 N–H and O–H groups in total. The Hall–Kier alpha value is -2.10. The first-order chi connectivity index (χ1) is 7.69. The maximum Gasteiger partial charge on any atom is 0.190 e. The van der Waals surface area contributed by atoms with E-state index in [-0.39, 0.29) is 22.7 Å². The maximum absolute atomic E-state index is 11.7. The number of fused-ring (bicyclic) bond motifs is 1. The van der Waals surface area contributed by atoms with Crippen LogP contribution in [0.5, 0.6) is 0 Å². The fourth-order valence-corrected chi connectivity index (χ4v) is 1.71. The van der Waals surface area contributed by atoms with Gasteiger partial charge in [-0.1, -0.05) is 0 Å². The monoisotopic (exact) mass is 218 g/mol. The zero-order chi connectivity index (χ0) is 11.7. The quantitative estimate of drug-likeness (QED) is 0.695. The summed E-state index contributed by atoms with van der Waals surface area (Å²) in [5, 5.41) is 0. The Morgan fingerprint density at radius 2 is 1.12 bits per heavy atom. The molecule has 0 radical (unpaired) electrons. The van der Waals surface area contributed by atoms with Crippen LogP contribution in [0.15, 0.2) is 47.0 Å². The number of allylic oxidation sites excluding steroid dienone is 6. The van der Waals surface area contributed by atoms with Crippen LogP contribution < -0.4 is 0 Å². The second-order valence-corrected chi connectivity index (χ2v) is 3.28. The Morgan fingerprint density at radius 1 is 0.750 bits per heavy atom. The van der Waals surface area contributed by atoms with Crippen molar-refractivity contribution >= 4 is 11.6 Å². The molecule has 82 valence electrons. The summed E-state index contributed by atoms with van der Waals surface area (Å²) in [5.41, 5.74) is 0.545. The molecule has 2 rings (SSSR count). The van der Waals surface area contributed by atoms with Crippen molar-refractivity contribution in [2.75, 3.05) is 14.2 Å². The average molecular weight is 218 g/mol. The van der Waals surface area contributed by atoms with Crippen molar-refractivity contribution in [3.05, 3.63) is 47.0 Å². The third kappa shape index (κ3) is 1.39. The predicted molar refractivity (Wildman–Crippen MR) is 56.4 cm³/mol. The fraction of sp³-hybridized carbons (Fsp3) is 0.167. The van der Waals surface area contributed by atoms with Gasteiger partial charge in [-0.15, -0.1) is 0 Å². The van der Waals surface area contributed by atoms with Gasteiger partial charge in [0, 0.05) is 0 Å². The summed E-state index contributed by atoms with van der Waals surface area (Å²) in [6, 6.07) is 0. The summed E-state index contributed by atoms with van der Waals surface area (Å²) in [7, 11) is 2.91. The van der Waals surface area contributed by atoms with Crippen molar-refractivity contribution in [3.8, 4) is 0 Å². The van der Waals surface area contributed by atoms with E-state index in [2.05, 4.69) is 0 Å². The largest absolute Gasteiger partial charge is 0.496 e. The van der Waals surface area contributed by atoms with Crippen LogP contribution in [-0.2, 0) is 19.1 Å². The van der Waals surface area contributed by atoms with Crippen molar-refractivity contribution in [1.82, 2.24) is 0 Å². The van der Waals surface area contributed by atoms with Gasteiger partial charge in [-0.25, -0.2) is 0 Å². The third-order valence-electron chi connectivity index (χ3n) is 2.45. The normalized spacial score (nSPS) is 19.1. The van der Waals surface area contributed by atoms with Gasteiger partial charge in [0.15, 0.2) is 11.6 Å². The molecule has 0 unspecified atom stereocenters. The number of methoxy groups -OCH3 is 2. The maximum atomic E-state index is 11.7. The van der Waals surface area contributed by atoms with E-state index in [0.717, 1.165) is 0 Å². The number of carbonyl (C=O) groups is 2. The Balaban J connectivity index is 2.69. The Kier molecular flexibility index (Phi) is 2.48. The number of ketones is 2. The number of carbonyl (C=O) groups excluding carboxylic acids is 2. The van der Waals surface area contributed by atoms with E-state index in [1.165, 1.54) is 38.5 Å². The first kappa shape index (κ1) is 10.4. The summed E-state index contributed by atoms with van der Waals surface area (Å²) in [6.45, 7) is 0. The molecule has 0 amide bonds. The molecule has 0 spiro atoms. The lowest BCUT2D eigenvalue weighted by atomic mass is 9.88. The predicted octanol–water partition coefficient (Wildman–Crippen LogP) is 1.07. The molecule has 0 fully saturated rings. The second kappa shape index (κ2) is 3.81. The minimum atomic E-state index is -0.245. The van der Waals surface area contributed by atoms with Gasteiger partial charge in [0.05, 0.1) is 25.4 Å². The Labute approximate surface area is 92.5 Å². The summed E-state index contributed by atoms with van der Waals surface area (Å²) < 4.78 is 10.1. The number of ether oxygens (including phenoxy) is 2. The van der Waals surface area contributed by atoms with E-state index in [0.29, 0.717) is 11.5 Å². The number of hydrogen-bond donors (Lipinski definition) is 0. The first-order valence-corrected chi connectivity index (χ1v) is 4.70. The van der Waals surface area contributed by atoms with E-state index in [1.807, 2.05) is 0 Å². The van der Waals surface area contributed by atoms with Gasteiger partial charge in [-0.2, -0.15) is 0 Å². The average Bonchev–Trinajstić information content (AvgIpc) is 2.31. The molecule has 4 nitrogen and oxygen atoms in total. The van der Waals surface area contributed by atoms with E-state index < -0.39 is 0 Å². The SMILES string of the molecule is COC1=C2C(=O)C=CC(OC)=C2C(=O)C=C1. The van der Waals surface area contributed by atoms with Crippen LogP contribution in [-0.4, -0.2) is 25.8 Å². The molecular weight excluding hydrogens is 208 g/mol. The molecule has 0 heterocycles. The molecule has 16 heavy (non-hydrogen) atoms. The molecule has 2 aliphatic rings. The van der Waals surface area contributed by atoms with Gasteiger partial charge < -0.3 is 9.47 Å². The second-order valence-electron chi connectivity index (χ2n) is 3.28. The smallest absolute Gasteiger partial charge is 0.190 e. The zero-order valence-corrected chi connectivity index (χ0v) is 8.94. The lowest BCUT2D eigenvalue weighted by Crippen LogP contribution is -2.20. The van der Waals surface area contributed by atoms with Crippen LogP contribution in [0, 0.1) is 0 Å². The van der Waals surface area contributed by atoms with Crippen LogP contribution in [0.4, 0.5) is 0 Å². The van der Waals surface area contributed by atoms with Crippen LogP contribution in [0.3, 0.4) is 0 Å². The van der Waals surface area contributed by atoms with Crippen molar-refractivity contribution in [3.63, 3.8) is 0 Å². The minimum absolute atomic E-state index is 0.245. The van der Waals surface area contributed by atoms with E-state index in [4.69, 9.17) is 9.47 Å². The van der Waals surface area contributed by atoms with E-state index in [1.54, 1.807) is 0 Å². The molecule has 4 heteroatoms. The Bertz CT molecular complexity index is 443. The molecule has 0 aromatic heterocycles. The Morgan fingerprint density at radius 3 is 1.44 bits per heavy atom. The highest BCUT2D eigenvalue weighted by Gasteiger charge is 2.31. The fourth-order valence-electron chi connectivity index (χ4n) is 1.71. The molecule has 0 saturated carbocycles. The van der Waals surface area contributed by atoms with Crippen LogP contribution in [0.2, 0.25) is 0 Å². The van der Waals surface area contributed by atoms with Gasteiger partial charge in [-0.05, 0) is 24.3 Å². The van der Waals surface area contributed by atoms with Crippen molar-refractivity contribution in [2.24, 2.45) is 0 Å². The topological polar surface area (TPSA) is 52.6 Å². The molecule has 0 saturated heterocycles. The molecule has 0 aliphatic heterocycles. The zero-order valence-electron chi connectivity index (χ0n) is 8.94. The van der Waals surface area contributed by atoms with Gasteiger partial charge in [0.1, 0.15) is 11.5 Å². The van der Waals surface area contributed by atoms with Gasteiger partial charge >= 0.3 is 0 Å². The molecule has 0 aromatic rings. The summed E-state index contributed by atoms with van der Waals surface area (Å²) in [6.07, 6.45) is 5.71. The van der Waals surface area contributed by atoms with Gasteiger partial charge in [0.2, 0.25) is 0 Å².